The Bertz CT molecular complexity index is 465. The third kappa shape index (κ3) is 2.45. The molecule has 0 bridgehead atoms. The number of carbonyl (C=O) groups is 1. The second kappa shape index (κ2) is 5.61. The van der Waals surface area contributed by atoms with E-state index in [1.165, 1.54) is 0 Å². The van der Waals surface area contributed by atoms with Crippen molar-refractivity contribution in [2.24, 2.45) is 0 Å². The van der Waals surface area contributed by atoms with Crippen molar-refractivity contribution in [3.63, 3.8) is 0 Å². The molecule has 3 N–H and O–H groups in total. The number of hydrogen-bond acceptors (Lipinski definition) is 4. The molecule has 0 radical (unpaired) electrons. The zero-order valence-electron chi connectivity index (χ0n) is 11.6. The van der Waals surface area contributed by atoms with Crippen LogP contribution >= 0.6 is 0 Å². The number of amides is 1. The number of nitrogens with zero attached hydrogens (tertiary/aromatic N) is 3. The molecule has 2 rings (SSSR count). The van der Waals surface area contributed by atoms with Gasteiger partial charge in [0.15, 0.2) is 0 Å². The number of aliphatic hydroxyl groups is 1. The molecule has 1 aliphatic rings. The molecular formula is C13H22N4O2. The van der Waals surface area contributed by atoms with E-state index in [4.69, 9.17) is 10.8 Å². The van der Waals surface area contributed by atoms with Crippen LogP contribution < -0.4 is 5.73 Å². The second-order valence-corrected chi connectivity index (χ2v) is 4.97. The molecule has 0 aromatic carbocycles. The van der Waals surface area contributed by atoms with E-state index >= 15 is 0 Å². The van der Waals surface area contributed by atoms with Gasteiger partial charge >= 0.3 is 0 Å². The number of rotatable bonds is 5. The molecule has 1 aromatic heterocycles. The Morgan fingerprint density at radius 3 is 2.74 bits per heavy atom. The summed E-state index contributed by atoms with van der Waals surface area (Å²) in [6.07, 6.45) is 3.15. The molecule has 1 saturated carbocycles. The van der Waals surface area contributed by atoms with Crippen molar-refractivity contribution in [3.05, 3.63) is 11.4 Å². The third-order valence-corrected chi connectivity index (χ3v) is 3.79. The van der Waals surface area contributed by atoms with Gasteiger partial charge in [-0.05, 0) is 33.1 Å². The molecule has 1 fully saturated rings. The molecule has 0 aliphatic heterocycles. The van der Waals surface area contributed by atoms with Gasteiger partial charge in [-0.25, -0.2) is 0 Å². The van der Waals surface area contributed by atoms with Crippen molar-refractivity contribution >= 4 is 11.6 Å². The highest BCUT2D eigenvalue weighted by atomic mass is 16.3. The van der Waals surface area contributed by atoms with Crippen molar-refractivity contribution in [1.29, 1.82) is 0 Å². The Morgan fingerprint density at radius 1 is 1.58 bits per heavy atom. The average Bonchev–Trinajstić information content (AvgIpc) is 2.62. The predicted octanol–water partition coefficient (Wildman–Crippen LogP) is 0.781. The van der Waals surface area contributed by atoms with Gasteiger partial charge in [0.25, 0.3) is 5.91 Å². The Morgan fingerprint density at radius 2 is 2.26 bits per heavy atom. The molecule has 0 spiro atoms. The van der Waals surface area contributed by atoms with Crippen molar-refractivity contribution in [2.75, 3.05) is 18.9 Å². The number of hydrogen-bond donors (Lipinski definition) is 2. The van der Waals surface area contributed by atoms with E-state index in [9.17, 15) is 4.79 Å². The Balaban J connectivity index is 2.30. The minimum absolute atomic E-state index is 0.0264. The molecule has 1 aliphatic carbocycles. The van der Waals surface area contributed by atoms with Gasteiger partial charge in [0.05, 0.1) is 18.0 Å². The number of nitrogen functional groups attached to an aromatic ring is 1. The summed E-state index contributed by atoms with van der Waals surface area (Å²) in [5, 5.41) is 13.4. The van der Waals surface area contributed by atoms with Crippen LogP contribution in [0.25, 0.3) is 0 Å². The number of aromatic nitrogens is 2. The minimum Gasteiger partial charge on any atom is -0.395 e. The normalized spacial score (nSPS) is 15.3. The first-order valence-electron chi connectivity index (χ1n) is 6.84. The molecule has 1 amide bonds. The number of nitrogens with two attached hydrogens (primary N) is 1. The average molecular weight is 266 g/mol. The fourth-order valence-corrected chi connectivity index (χ4v) is 2.44. The van der Waals surface area contributed by atoms with Crippen LogP contribution in [0.1, 0.15) is 42.4 Å². The molecule has 19 heavy (non-hydrogen) atoms. The summed E-state index contributed by atoms with van der Waals surface area (Å²) in [5.41, 5.74) is 7.57. The highest BCUT2D eigenvalue weighted by Crippen LogP contribution is 2.27. The highest BCUT2D eigenvalue weighted by molar-refractivity contribution is 5.98. The van der Waals surface area contributed by atoms with Crippen LogP contribution in [0.15, 0.2) is 0 Å². The molecule has 1 heterocycles. The molecule has 1 aromatic rings. The molecule has 0 unspecified atom stereocenters. The van der Waals surface area contributed by atoms with Gasteiger partial charge in [-0.2, -0.15) is 5.10 Å². The molecule has 106 valence electrons. The quantitative estimate of drug-likeness (QED) is 0.825. The molecule has 0 saturated heterocycles. The maximum absolute atomic E-state index is 12.7. The van der Waals surface area contributed by atoms with Gasteiger partial charge in [0.2, 0.25) is 0 Å². The maximum atomic E-state index is 12.7. The lowest BCUT2D eigenvalue weighted by Crippen LogP contribution is -2.46. The number of carbonyl (C=O) groups excluding carboxylic acids is 1. The summed E-state index contributed by atoms with van der Waals surface area (Å²) in [4.78, 5) is 14.4. The van der Waals surface area contributed by atoms with E-state index in [-0.39, 0.29) is 18.6 Å². The lowest BCUT2D eigenvalue weighted by molar-refractivity contribution is 0.0514. The van der Waals surface area contributed by atoms with Crippen molar-refractivity contribution in [1.82, 2.24) is 14.7 Å². The topological polar surface area (TPSA) is 84.4 Å². The van der Waals surface area contributed by atoms with Gasteiger partial charge in [0.1, 0.15) is 5.69 Å². The molecular weight excluding hydrogens is 244 g/mol. The SMILES string of the molecule is CCn1nc(C)c(N)c1C(=O)N(CCO)C1CCC1. The summed E-state index contributed by atoms with van der Waals surface area (Å²) in [6, 6.07) is 0.236. The molecule has 0 atom stereocenters. The van der Waals surface area contributed by atoms with Crippen LogP contribution in [0.4, 0.5) is 5.69 Å². The zero-order chi connectivity index (χ0) is 14.0. The van der Waals surface area contributed by atoms with Crippen molar-refractivity contribution < 1.29 is 9.90 Å². The molecule has 6 nitrogen and oxygen atoms in total. The van der Waals surface area contributed by atoms with Crippen molar-refractivity contribution in [3.8, 4) is 0 Å². The van der Waals surface area contributed by atoms with E-state index < -0.39 is 0 Å². The minimum atomic E-state index is -0.112. The maximum Gasteiger partial charge on any atom is 0.274 e. The largest absolute Gasteiger partial charge is 0.395 e. The Hall–Kier alpha value is -1.56. The highest BCUT2D eigenvalue weighted by Gasteiger charge is 2.32. The Kier molecular flexibility index (Phi) is 4.09. The standard InChI is InChI=1S/C13H22N4O2/c1-3-17-12(11(14)9(2)15-17)13(19)16(7-8-18)10-5-4-6-10/h10,18H,3-8,14H2,1-2H3. The van der Waals surface area contributed by atoms with E-state index in [0.717, 1.165) is 19.3 Å². The summed E-state index contributed by atoms with van der Waals surface area (Å²) in [5.74, 6) is -0.112. The van der Waals surface area contributed by atoms with E-state index in [0.29, 0.717) is 30.2 Å². The first kappa shape index (κ1) is 13.9. The van der Waals surface area contributed by atoms with Crippen LogP contribution in [-0.2, 0) is 6.54 Å². The summed E-state index contributed by atoms with van der Waals surface area (Å²) in [7, 11) is 0. The van der Waals surface area contributed by atoms with E-state index in [1.54, 1.807) is 16.5 Å². The van der Waals surface area contributed by atoms with Gasteiger partial charge in [-0.15, -0.1) is 0 Å². The lowest BCUT2D eigenvalue weighted by Gasteiger charge is -2.37. The van der Waals surface area contributed by atoms with Crippen LogP contribution in [-0.4, -0.2) is 44.9 Å². The first-order valence-corrected chi connectivity index (χ1v) is 6.84. The van der Waals surface area contributed by atoms with Gasteiger partial charge in [-0.3, -0.25) is 9.48 Å². The molecule has 6 heteroatoms. The third-order valence-electron chi connectivity index (χ3n) is 3.79. The van der Waals surface area contributed by atoms with Gasteiger partial charge in [-0.1, -0.05) is 0 Å². The van der Waals surface area contributed by atoms with Crippen LogP contribution in [0.2, 0.25) is 0 Å². The van der Waals surface area contributed by atoms with Gasteiger partial charge in [0, 0.05) is 19.1 Å². The summed E-state index contributed by atoms with van der Waals surface area (Å²) >= 11 is 0. The monoisotopic (exact) mass is 266 g/mol. The lowest BCUT2D eigenvalue weighted by atomic mass is 9.91. The van der Waals surface area contributed by atoms with Crippen molar-refractivity contribution in [2.45, 2.75) is 45.7 Å². The Labute approximate surface area is 113 Å². The second-order valence-electron chi connectivity index (χ2n) is 4.97. The first-order chi connectivity index (χ1) is 9.10. The van der Waals surface area contributed by atoms with Crippen LogP contribution in [0.5, 0.6) is 0 Å². The number of aliphatic hydroxyl groups excluding tert-OH is 1. The van der Waals surface area contributed by atoms with E-state index in [2.05, 4.69) is 5.10 Å². The predicted molar refractivity (Wildman–Crippen MR) is 72.8 cm³/mol. The smallest absolute Gasteiger partial charge is 0.274 e. The van der Waals surface area contributed by atoms with Crippen LogP contribution in [0, 0.1) is 6.92 Å². The number of aryl methyl sites for hydroxylation is 2. The fraction of sp³-hybridized carbons (Fsp3) is 0.692. The fourth-order valence-electron chi connectivity index (χ4n) is 2.44. The zero-order valence-corrected chi connectivity index (χ0v) is 11.6. The summed E-state index contributed by atoms with van der Waals surface area (Å²) < 4.78 is 1.65. The van der Waals surface area contributed by atoms with Gasteiger partial charge < -0.3 is 15.7 Å². The van der Waals surface area contributed by atoms with E-state index in [1.807, 2.05) is 6.92 Å². The van der Waals surface area contributed by atoms with Crippen LogP contribution in [0.3, 0.4) is 0 Å². The number of anilines is 1. The summed E-state index contributed by atoms with van der Waals surface area (Å²) in [6.45, 7) is 4.68.